The Kier molecular flexibility index (Phi) is 5.86. The van der Waals surface area contributed by atoms with Gasteiger partial charge in [0.1, 0.15) is 0 Å². The van der Waals surface area contributed by atoms with Crippen LogP contribution in [0.5, 0.6) is 11.5 Å². The van der Waals surface area contributed by atoms with Gasteiger partial charge in [-0.2, -0.15) is 20.1 Å². The average molecular weight is 454 g/mol. The number of benzene rings is 2. The van der Waals surface area contributed by atoms with E-state index in [1.54, 1.807) is 18.3 Å². The van der Waals surface area contributed by atoms with Crippen molar-refractivity contribution in [2.24, 2.45) is 5.10 Å². The minimum Gasteiger partial charge on any atom is -0.454 e. The molecular weight excluding hydrogens is 434 g/mol. The van der Waals surface area contributed by atoms with Crippen molar-refractivity contribution in [1.29, 1.82) is 0 Å². The van der Waals surface area contributed by atoms with Crippen LogP contribution >= 0.6 is 11.6 Å². The number of anilines is 4. The normalized spacial score (nSPS) is 15.2. The maximum Gasteiger partial charge on any atom is 0.250 e. The van der Waals surface area contributed by atoms with Crippen molar-refractivity contribution in [1.82, 2.24) is 15.0 Å². The van der Waals surface area contributed by atoms with Crippen LogP contribution < -0.4 is 25.1 Å². The summed E-state index contributed by atoms with van der Waals surface area (Å²) in [6, 6.07) is 12.9. The first-order valence-electron chi connectivity index (χ1n) is 10.0. The van der Waals surface area contributed by atoms with Gasteiger partial charge in [0.05, 0.1) is 19.4 Å². The van der Waals surface area contributed by atoms with Crippen molar-refractivity contribution in [3.63, 3.8) is 0 Å². The molecule has 2 aliphatic rings. The van der Waals surface area contributed by atoms with Gasteiger partial charge in [-0.3, -0.25) is 0 Å². The summed E-state index contributed by atoms with van der Waals surface area (Å²) in [4.78, 5) is 15.6. The van der Waals surface area contributed by atoms with Crippen molar-refractivity contribution in [2.45, 2.75) is 0 Å². The molecule has 3 heterocycles. The van der Waals surface area contributed by atoms with Gasteiger partial charge < -0.3 is 24.4 Å². The minimum atomic E-state index is 0.228. The van der Waals surface area contributed by atoms with Crippen LogP contribution in [0.1, 0.15) is 5.56 Å². The molecule has 11 heteroatoms. The topological polar surface area (TPSA) is 106 Å². The number of hydrazone groups is 1. The second-order valence-electron chi connectivity index (χ2n) is 7.00. The summed E-state index contributed by atoms with van der Waals surface area (Å²) >= 11 is 6.09. The molecular formula is C21H20ClN7O3. The molecule has 2 N–H and O–H groups in total. The van der Waals surface area contributed by atoms with Gasteiger partial charge in [-0.05, 0) is 42.0 Å². The fraction of sp³-hybridized carbons (Fsp3) is 0.238. The SMILES string of the molecule is Clc1cccc(Nc2nc(N/N=C/c3ccc4c(c3)OCO4)nc(N3CCOCC3)n2)c1. The molecule has 2 aliphatic heterocycles. The third-order valence-corrected chi connectivity index (χ3v) is 5.01. The molecule has 1 aromatic heterocycles. The van der Waals surface area contributed by atoms with Crippen LogP contribution in [-0.4, -0.2) is 54.3 Å². The summed E-state index contributed by atoms with van der Waals surface area (Å²) in [5.74, 6) is 2.64. The van der Waals surface area contributed by atoms with E-state index in [9.17, 15) is 0 Å². The van der Waals surface area contributed by atoms with E-state index in [1.807, 2.05) is 35.2 Å². The van der Waals surface area contributed by atoms with Crippen LogP contribution in [0.25, 0.3) is 0 Å². The highest BCUT2D eigenvalue weighted by Crippen LogP contribution is 2.32. The molecule has 5 rings (SSSR count). The minimum absolute atomic E-state index is 0.228. The molecule has 0 saturated carbocycles. The molecule has 1 fully saturated rings. The Bertz CT molecular complexity index is 1140. The fourth-order valence-electron chi connectivity index (χ4n) is 3.23. The number of hydrogen-bond acceptors (Lipinski definition) is 10. The molecule has 0 radical (unpaired) electrons. The van der Waals surface area contributed by atoms with Crippen LogP contribution in [-0.2, 0) is 4.74 Å². The molecule has 164 valence electrons. The quantitative estimate of drug-likeness (QED) is 0.429. The van der Waals surface area contributed by atoms with E-state index in [0.717, 1.165) is 17.0 Å². The first-order chi connectivity index (χ1) is 15.7. The molecule has 3 aromatic rings. The smallest absolute Gasteiger partial charge is 0.250 e. The lowest BCUT2D eigenvalue weighted by Gasteiger charge is -2.27. The lowest BCUT2D eigenvalue weighted by molar-refractivity contribution is 0.122. The monoisotopic (exact) mass is 453 g/mol. The number of nitrogens with zero attached hydrogens (tertiary/aromatic N) is 5. The number of ether oxygens (including phenoxy) is 3. The Hall–Kier alpha value is -3.63. The van der Waals surface area contributed by atoms with Gasteiger partial charge >= 0.3 is 0 Å². The number of halogens is 1. The van der Waals surface area contributed by atoms with Crippen molar-refractivity contribution in [3.05, 3.63) is 53.1 Å². The molecule has 0 unspecified atom stereocenters. The van der Waals surface area contributed by atoms with Crippen LogP contribution in [0, 0.1) is 0 Å². The van der Waals surface area contributed by atoms with Gasteiger partial charge in [0.15, 0.2) is 11.5 Å². The number of nitrogens with one attached hydrogen (secondary N) is 2. The standard InChI is InChI=1S/C21H20ClN7O3/c22-15-2-1-3-16(11-15)24-19-25-20(27-21(26-19)29-6-8-30-9-7-29)28-23-12-14-4-5-17-18(10-14)32-13-31-17/h1-5,10-12H,6-9,13H2,(H2,24,25,26,27,28)/b23-12+. The van der Waals surface area contributed by atoms with E-state index in [1.165, 1.54) is 0 Å². The van der Waals surface area contributed by atoms with Gasteiger partial charge in [-0.1, -0.05) is 17.7 Å². The van der Waals surface area contributed by atoms with Crippen molar-refractivity contribution in [3.8, 4) is 11.5 Å². The van der Waals surface area contributed by atoms with Crippen molar-refractivity contribution >= 4 is 41.3 Å². The highest BCUT2D eigenvalue weighted by molar-refractivity contribution is 6.30. The molecule has 0 atom stereocenters. The Morgan fingerprint density at radius 1 is 0.969 bits per heavy atom. The first kappa shape index (κ1) is 20.3. The number of hydrogen-bond donors (Lipinski definition) is 2. The number of fused-ring (bicyclic) bond motifs is 1. The number of aromatic nitrogens is 3. The van der Waals surface area contributed by atoms with E-state index in [4.69, 9.17) is 25.8 Å². The van der Waals surface area contributed by atoms with Gasteiger partial charge in [0.25, 0.3) is 0 Å². The van der Waals surface area contributed by atoms with Gasteiger partial charge in [0, 0.05) is 23.8 Å². The number of morpholine rings is 1. The first-order valence-corrected chi connectivity index (χ1v) is 10.4. The summed E-state index contributed by atoms with van der Waals surface area (Å²) in [5.41, 5.74) is 4.51. The zero-order valence-electron chi connectivity index (χ0n) is 17.0. The zero-order chi connectivity index (χ0) is 21.8. The Morgan fingerprint density at radius 2 is 1.81 bits per heavy atom. The van der Waals surface area contributed by atoms with E-state index in [2.05, 4.69) is 30.8 Å². The van der Waals surface area contributed by atoms with Crippen molar-refractivity contribution in [2.75, 3.05) is 48.7 Å². The fourth-order valence-corrected chi connectivity index (χ4v) is 3.42. The van der Waals surface area contributed by atoms with E-state index in [0.29, 0.717) is 54.9 Å². The summed E-state index contributed by atoms with van der Waals surface area (Å²) in [6.07, 6.45) is 1.66. The zero-order valence-corrected chi connectivity index (χ0v) is 17.7. The third-order valence-electron chi connectivity index (χ3n) is 4.77. The molecule has 0 bridgehead atoms. The summed E-state index contributed by atoms with van der Waals surface area (Å²) in [6.45, 7) is 2.86. The third kappa shape index (κ3) is 4.82. The van der Waals surface area contributed by atoms with Crippen LogP contribution in [0.3, 0.4) is 0 Å². The van der Waals surface area contributed by atoms with Crippen LogP contribution in [0.2, 0.25) is 5.02 Å². The summed E-state index contributed by atoms with van der Waals surface area (Å²) in [7, 11) is 0. The summed E-state index contributed by atoms with van der Waals surface area (Å²) < 4.78 is 16.2. The predicted octanol–water partition coefficient (Wildman–Crippen LogP) is 3.28. The molecule has 1 saturated heterocycles. The lowest BCUT2D eigenvalue weighted by atomic mass is 10.2. The van der Waals surface area contributed by atoms with Crippen molar-refractivity contribution < 1.29 is 14.2 Å². The molecule has 10 nitrogen and oxygen atoms in total. The summed E-state index contributed by atoms with van der Waals surface area (Å²) in [5, 5.41) is 8.06. The second-order valence-corrected chi connectivity index (χ2v) is 7.44. The molecule has 0 aliphatic carbocycles. The predicted molar refractivity (Wildman–Crippen MR) is 121 cm³/mol. The number of rotatable bonds is 6. The molecule has 0 spiro atoms. The van der Waals surface area contributed by atoms with E-state index < -0.39 is 0 Å². The van der Waals surface area contributed by atoms with E-state index >= 15 is 0 Å². The van der Waals surface area contributed by atoms with Gasteiger partial charge in [-0.15, -0.1) is 0 Å². The Morgan fingerprint density at radius 3 is 2.69 bits per heavy atom. The van der Waals surface area contributed by atoms with Gasteiger partial charge in [-0.25, -0.2) is 5.43 Å². The lowest BCUT2D eigenvalue weighted by Crippen LogP contribution is -2.37. The molecule has 32 heavy (non-hydrogen) atoms. The average Bonchev–Trinajstić information content (AvgIpc) is 3.28. The highest BCUT2D eigenvalue weighted by atomic mass is 35.5. The second kappa shape index (κ2) is 9.25. The molecule has 0 amide bonds. The Balaban J connectivity index is 1.37. The molecule has 2 aromatic carbocycles. The highest BCUT2D eigenvalue weighted by Gasteiger charge is 2.17. The van der Waals surface area contributed by atoms with Crippen LogP contribution in [0.15, 0.2) is 47.6 Å². The van der Waals surface area contributed by atoms with E-state index in [-0.39, 0.29) is 6.79 Å². The maximum absolute atomic E-state index is 6.09. The Labute approximate surface area is 189 Å². The van der Waals surface area contributed by atoms with Crippen LogP contribution in [0.4, 0.5) is 23.5 Å². The largest absolute Gasteiger partial charge is 0.454 e. The van der Waals surface area contributed by atoms with Gasteiger partial charge in [0.2, 0.25) is 24.6 Å². The maximum atomic E-state index is 6.09.